The fraction of sp³-hybridized carbons (Fsp3) is 0.308. The molecule has 3 aromatic rings. The maximum atomic E-state index is 14.0. The Kier molecular flexibility index (Phi) is 6.43. The van der Waals surface area contributed by atoms with Gasteiger partial charge in [0.25, 0.3) is 11.8 Å². The van der Waals surface area contributed by atoms with Crippen LogP contribution in [0.4, 0.5) is 42.0 Å². The van der Waals surface area contributed by atoms with Gasteiger partial charge in [-0.1, -0.05) is 12.1 Å². The molecule has 2 aliphatic heterocycles. The molecular weight excluding hydrogens is 501 g/mol. The van der Waals surface area contributed by atoms with Gasteiger partial charge < -0.3 is 25.1 Å². The number of piperidine rings is 1. The van der Waals surface area contributed by atoms with Crippen molar-refractivity contribution in [3.63, 3.8) is 0 Å². The second kappa shape index (κ2) is 9.60. The van der Waals surface area contributed by atoms with Crippen molar-refractivity contribution in [2.75, 3.05) is 42.3 Å². The van der Waals surface area contributed by atoms with Gasteiger partial charge in [-0.15, -0.1) is 0 Å². The van der Waals surface area contributed by atoms with Crippen LogP contribution in [0.2, 0.25) is 0 Å². The smallest absolute Gasteiger partial charge is 0.393 e. The number of carbonyl (C=O) groups is 2. The first-order chi connectivity index (χ1) is 18.0. The summed E-state index contributed by atoms with van der Waals surface area (Å²) in [5, 5.41) is 12.5. The van der Waals surface area contributed by atoms with Gasteiger partial charge in [0.05, 0.1) is 34.7 Å². The fourth-order valence-corrected chi connectivity index (χ4v) is 4.67. The highest BCUT2D eigenvalue weighted by Crippen LogP contribution is 2.39. The minimum absolute atomic E-state index is 0.0213. The van der Waals surface area contributed by atoms with Gasteiger partial charge in [0.1, 0.15) is 5.69 Å². The van der Waals surface area contributed by atoms with Gasteiger partial charge in [-0.25, -0.2) is 4.98 Å². The van der Waals surface area contributed by atoms with E-state index in [0.29, 0.717) is 35.6 Å². The topological polar surface area (TPSA) is 102 Å². The summed E-state index contributed by atoms with van der Waals surface area (Å²) in [6.45, 7) is 0.377. The fourth-order valence-electron chi connectivity index (χ4n) is 4.67. The molecule has 0 radical (unpaired) electrons. The first kappa shape index (κ1) is 25.5. The number of para-hydroxylation sites is 1. The Balaban J connectivity index is 1.47. The van der Waals surface area contributed by atoms with Gasteiger partial charge in [0.15, 0.2) is 5.82 Å². The third-order valence-corrected chi connectivity index (χ3v) is 6.79. The number of anilines is 5. The zero-order valence-electron chi connectivity index (χ0n) is 20.7. The Morgan fingerprint density at radius 3 is 2.47 bits per heavy atom. The standard InChI is InChI=1S/C26H25F3N6O3/c1-33-20-6-4-3-5-18(20)23(37)34(2)21-14-30-25(32-22(21)33)31-15-7-8-17(19(13-15)26(27,28)29)24(38)35-11-9-16(36)10-12-35/h3-8,13-14,16,36H,9-12H2,1-2H3,(H,30,31,32). The highest BCUT2D eigenvalue weighted by molar-refractivity contribution is 6.13. The SMILES string of the molecule is CN1C(=O)c2ccccc2N(C)c2nc(Nc3ccc(C(=O)N4CCC(O)CC4)c(C(F)(F)F)c3)ncc21. The highest BCUT2D eigenvalue weighted by atomic mass is 19.4. The number of carbonyl (C=O) groups excluding carboxylic acids is 2. The van der Waals surface area contributed by atoms with Crippen LogP contribution in [0.15, 0.2) is 48.7 Å². The Morgan fingerprint density at radius 1 is 1.05 bits per heavy atom. The van der Waals surface area contributed by atoms with Gasteiger partial charge in [-0.05, 0) is 43.2 Å². The molecule has 12 heteroatoms. The summed E-state index contributed by atoms with van der Waals surface area (Å²) in [5.74, 6) is -0.565. The number of aliphatic hydroxyl groups is 1. The van der Waals surface area contributed by atoms with Crippen LogP contribution in [0.25, 0.3) is 0 Å². The molecule has 2 aliphatic rings. The molecule has 1 saturated heterocycles. The molecule has 0 unspecified atom stereocenters. The first-order valence-corrected chi connectivity index (χ1v) is 12.0. The van der Waals surface area contributed by atoms with Crippen molar-refractivity contribution in [1.82, 2.24) is 14.9 Å². The number of halogens is 3. The number of aliphatic hydroxyl groups excluding tert-OH is 1. The molecule has 0 saturated carbocycles. The Labute approximate surface area is 216 Å². The number of aromatic nitrogens is 2. The zero-order valence-corrected chi connectivity index (χ0v) is 20.7. The summed E-state index contributed by atoms with van der Waals surface area (Å²) in [6, 6.07) is 10.4. The Hall–Kier alpha value is -4.19. The molecule has 2 amide bonds. The van der Waals surface area contributed by atoms with Crippen LogP contribution in [-0.4, -0.2) is 65.1 Å². The third-order valence-electron chi connectivity index (χ3n) is 6.79. The van der Waals surface area contributed by atoms with Crippen LogP contribution in [0, 0.1) is 0 Å². The molecule has 3 heterocycles. The predicted molar refractivity (Wildman–Crippen MR) is 135 cm³/mol. The van der Waals surface area contributed by atoms with E-state index < -0.39 is 29.3 Å². The van der Waals surface area contributed by atoms with Crippen LogP contribution in [0.3, 0.4) is 0 Å². The van der Waals surface area contributed by atoms with Crippen molar-refractivity contribution in [3.8, 4) is 0 Å². The first-order valence-electron chi connectivity index (χ1n) is 12.0. The Morgan fingerprint density at radius 2 is 1.76 bits per heavy atom. The third kappa shape index (κ3) is 4.62. The van der Waals surface area contributed by atoms with Gasteiger partial charge in [0, 0.05) is 32.9 Å². The number of likely N-dealkylation sites (tertiary alicyclic amines) is 1. The largest absolute Gasteiger partial charge is 0.417 e. The average Bonchev–Trinajstić information content (AvgIpc) is 2.98. The lowest BCUT2D eigenvalue weighted by Gasteiger charge is -2.30. The van der Waals surface area contributed by atoms with E-state index in [2.05, 4.69) is 15.3 Å². The maximum absolute atomic E-state index is 14.0. The minimum atomic E-state index is -4.78. The lowest BCUT2D eigenvalue weighted by molar-refractivity contribution is -0.138. The molecule has 1 fully saturated rings. The van der Waals surface area contributed by atoms with E-state index in [9.17, 15) is 27.9 Å². The monoisotopic (exact) mass is 526 g/mol. The maximum Gasteiger partial charge on any atom is 0.417 e. The Bertz CT molecular complexity index is 1410. The molecule has 0 aliphatic carbocycles. The minimum Gasteiger partial charge on any atom is -0.393 e. The molecular formula is C26H25F3N6O3. The zero-order chi connectivity index (χ0) is 27.2. The van der Waals surface area contributed by atoms with Crippen molar-refractivity contribution in [3.05, 3.63) is 65.4 Å². The second-order valence-corrected chi connectivity index (χ2v) is 9.25. The van der Waals surface area contributed by atoms with Crippen LogP contribution >= 0.6 is 0 Å². The van der Waals surface area contributed by atoms with E-state index in [1.807, 2.05) is 0 Å². The summed E-state index contributed by atoms with van der Waals surface area (Å²) in [7, 11) is 3.34. The second-order valence-electron chi connectivity index (χ2n) is 9.25. The van der Waals surface area contributed by atoms with Crippen LogP contribution in [0.5, 0.6) is 0 Å². The number of amides is 2. The van der Waals surface area contributed by atoms with E-state index in [4.69, 9.17) is 0 Å². The molecule has 2 aromatic carbocycles. The van der Waals surface area contributed by atoms with Crippen LogP contribution < -0.4 is 15.1 Å². The molecule has 0 spiro atoms. The summed E-state index contributed by atoms with van der Waals surface area (Å²) >= 11 is 0. The normalized spacial score (nSPS) is 16.2. The number of nitrogens with zero attached hydrogens (tertiary/aromatic N) is 5. The van der Waals surface area contributed by atoms with Crippen molar-refractivity contribution in [2.24, 2.45) is 0 Å². The van der Waals surface area contributed by atoms with Gasteiger partial charge in [0.2, 0.25) is 5.95 Å². The number of nitrogens with one attached hydrogen (secondary N) is 1. The van der Waals surface area contributed by atoms with Gasteiger partial charge in [-0.3, -0.25) is 9.59 Å². The van der Waals surface area contributed by atoms with E-state index in [1.165, 1.54) is 22.1 Å². The van der Waals surface area contributed by atoms with E-state index in [1.54, 1.807) is 43.3 Å². The lowest BCUT2D eigenvalue weighted by Crippen LogP contribution is -2.40. The van der Waals surface area contributed by atoms with E-state index in [-0.39, 0.29) is 30.6 Å². The number of hydrogen-bond donors (Lipinski definition) is 2. The van der Waals surface area contributed by atoms with Crippen molar-refractivity contribution in [2.45, 2.75) is 25.1 Å². The van der Waals surface area contributed by atoms with Gasteiger partial charge >= 0.3 is 6.18 Å². The van der Waals surface area contributed by atoms with E-state index in [0.717, 1.165) is 12.1 Å². The molecule has 0 atom stereocenters. The van der Waals surface area contributed by atoms with Crippen molar-refractivity contribution >= 4 is 40.6 Å². The average molecular weight is 527 g/mol. The summed E-state index contributed by atoms with van der Waals surface area (Å²) in [4.78, 5) is 39.0. The molecule has 38 heavy (non-hydrogen) atoms. The molecule has 5 rings (SSSR count). The number of hydrogen-bond acceptors (Lipinski definition) is 7. The number of rotatable bonds is 3. The predicted octanol–water partition coefficient (Wildman–Crippen LogP) is 4.19. The van der Waals surface area contributed by atoms with E-state index >= 15 is 0 Å². The van der Waals surface area contributed by atoms with Crippen LogP contribution in [-0.2, 0) is 6.18 Å². The van der Waals surface area contributed by atoms with Crippen LogP contribution in [0.1, 0.15) is 39.1 Å². The number of benzene rings is 2. The lowest BCUT2D eigenvalue weighted by atomic mass is 10.0. The summed E-state index contributed by atoms with van der Waals surface area (Å²) in [5.41, 5.74) is 0.0406. The molecule has 1 aromatic heterocycles. The summed E-state index contributed by atoms with van der Waals surface area (Å²) in [6.07, 6.45) is -3.26. The molecule has 0 bridgehead atoms. The quantitative estimate of drug-likeness (QED) is 0.528. The summed E-state index contributed by atoms with van der Waals surface area (Å²) < 4.78 is 42.0. The highest BCUT2D eigenvalue weighted by Gasteiger charge is 2.37. The van der Waals surface area contributed by atoms with Crippen molar-refractivity contribution < 1.29 is 27.9 Å². The van der Waals surface area contributed by atoms with Gasteiger partial charge in [-0.2, -0.15) is 18.2 Å². The molecule has 198 valence electrons. The number of alkyl halides is 3. The number of fused-ring (bicyclic) bond motifs is 2. The molecule has 2 N–H and O–H groups in total. The van der Waals surface area contributed by atoms with Crippen molar-refractivity contribution in [1.29, 1.82) is 0 Å². The molecule has 9 nitrogen and oxygen atoms in total.